The predicted octanol–water partition coefficient (Wildman–Crippen LogP) is -0.0723. The Morgan fingerprint density at radius 3 is 2.47 bits per heavy atom. The molecule has 9 heteroatoms. The van der Waals surface area contributed by atoms with Gasteiger partial charge in [0.25, 0.3) is 0 Å². The van der Waals surface area contributed by atoms with Gasteiger partial charge in [0.1, 0.15) is 0 Å². The fourth-order valence-electron chi connectivity index (χ4n) is 1.56. The summed E-state index contributed by atoms with van der Waals surface area (Å²) >= 11 is -2.62. The lowest BCUT2D eigenvalue weighted by Crippen LogP contribution is -2.30. The summed E-state index contributed by atoms with van der Waals surface area (Å²) in [6, 6.07) is 0. The zero-order chi connectivity index (χ0) is 11.5. The zero-order valence-electron chi connectivity index (χ0n) is 7.70. The van der Waals surface area contributed by atoms with E-state index in [1.165, 1.54) is 0 Å². The van der Waals surface area contributed by atoms with Crippen molar-refractivity contribution < 1.29 is 30.1 Å². The van der Waals surface area contributed by atoms with Crippen molar-refractivity contribution in [1.29, 1.82) is 0 Å². The topological polar surface area (TPSA) is 113 Å². The quantitative estimate of drug-likeness (QED) is 0.555. The van der Waals surface area contributed by atoms with Gasteiger partial charge >= 0.3 is 10.4 Å². The third-order valence-corrected chi connectivity index (χ3v) is 2.99. The van der Waals surface area contributed by atoms with Crippen LogP contribution < -0.4 is 0 Å². The van der Waals surface area contributed by atoms with E-state index in [9.17, 15) is 17.2 Å². The van der Waals surface area contributed by atoms with Crippen molar-refractivity contribution in [2.75, 3.05) is 0 Å². The monoisotopic (exact) mass is 259 g/mol. The van der Waals surface area contributed by atoms with E-state index in [4.69, 9.17) is 4.55 Å². The van der Waals surface area contributed by atoms with Crippen LogP contribution in [0.4, 0.5) is 0 Å². The first-order valence-corrected chi connectivity index (χ1v) is 6.65. The predicted molar refractivity (Wildman–Crippen MR) is 48.7 cm³/mol. The fourth-order valence-corrected chi connectivity index (χ4v) is 2.48. The first-order valence-electron chi connectivity index (χ1n) is 4.29. The van der Waals surface area contributed by atoms with E-state index in [0.717, 1.165) is 0 Å². The Hall–Kier alpha value is -0.0600. The highest BCUT2D eigenvalue weighted by Gasteiger charge is 2.26. The summed E-state index contributed by atoms with van der Waals surface area (Å²) in [4.78, 5) is 0. The molecule has 0 aliphatic heterocycles. The van der Waals surface area contributed by atoms with Gasteiger partial charge in [0.05, 0.1) is 23.6 Å². The van der Waals surface area contributed by atoms with Crippen molar-refractivity contribution in [2.24, 2.45) is 0 Å². The molecule has 15 heavy (non-hydrogen) atoms. The molecule has 1 N–H and O–H groups in total. The van der Waals surface area contributed by atoms with Crippen LogP contribution in [0.5, 0.6) is 0 Å². The SMILES string of the molecule is O=S([O-])OC1CCCC(OS(=O)(=O)O)C1. The van der Waals surface area contributed by atoms with Gasteiger partial charge in [0, 0.05) is 6.42 Å². The van der Waals surface area contributed by atoms with Gasteiger partial charge < -0.3 is 4.55 Å². The fraction of sp³-hybridized carbons (Fsp3) is 1.00. The van der Waals surface area contributed by atoms with E-state index in [-0.39, 0.29) is 6.42 Å². The van der Waals surface area contributed by atoms with Gasteiger partial charge in [-0.25, -0.2) is 8.39 Å². The molecule has 0 bridgehead atoms. The number of hydrogen-bond acceptors (Lipinski definition) is 6. The van der Waals surface area contributed by atoms with Gasteiger partial charge in [-0.05, 0) is 19.3 Å². The molecule has 3 atom stereocenters. The van der Waals surface area contributed by atoms with Crippen molar-refractivity contribution in [3.8, 4) is 0 Å². The molecule has 3 unspecified atom stereocenters. The van der Waals surface area contributed by atoms with E-state index in [1.807, 2.05) is 0 Å². The van der Waals surface area contributed by atoms with Gasteiger partial charge in [-0.1, -0.05) is 0 Å². The molecular formula is C6H11O7S2-. The molecule has 0 aromatic rings. The average molecular weight is 259 g/mol. The maximum atomic E-state index is 10.4. The molecule has 1 fully saturated rings. The van der Waals surface area contributed by atoms with Crippen molar-refractivity contribution in [3.63, 3.8) is 0 Å². The van der Waals surface area contributed by atoms with Gasteiger partial charge in [-0.15, -0.1) is 0 Å². The molecule has 90 valence electrons. The minimum atomic E-state index is -4.49. The summed E-state index contributed by atoms with van der Waals surface area (Å²) < 4.78 is 58.5. The van der Waals surface area contributed by atoms with Crippen LogP contribution in [-0.2, 0) is 30.1 Å². The Bertz CT molecular complexity index is 324. The third kappa shape index (κ3) is 5.54. The summed E-state index contributed by atoms with van der Waals surface area (Å²) in [6.07, 6.45) is 0.395. The van der Waals surface area contributed by atoms with Gasteiger partial charge in [0.2, 0.25) is 0 Å². The normalized spacial score (nSPS) is 30.0. The maximum Gasteiger partial charge on any atom is 0.397 e. The summed E-state index contributed by atoms with van der Waals surface area (Å²) in [5.74, 6) is 0. The lowest BCUT2D eigenvalue weighted by atomic mass is 9.95. The van der Waals surface area contributed by atoms with Crippen LogP contribution in [0.2, 0.25) is 0 Å². The molecule has 0 radical (unpaired) electrons. The molecule has 1 saturated carbocycles. The maximum absolute atomic E-state index is 10.4. The first-order chi connectivity index (χ1) is 6.87. The van der Waals surface area contributed by atoms with Crippen LogP contribution in [-0.4, -0.2) is 33.9 Å². The lowest BCUT2D eigenvalue weighted by molar-refractivity contribution is 0.0669. The zero-order valence-corrected chi connectivity index (χ0v) is 9.33. The Balaban J connectivity index is 2.45. The molecule has 7 nitrogen and oxygen atoms in total. The molecule has 0 aromatic carbocycles. The molecule has 0 aromatic heterocycles. The van der Waals surface area contributed by atoms with Crippen molar-refractivity contribution in [3.05, 3.63) is 0 Å². The molecule has 0 spiro atoms. The van der Waals surface area contributed by atoms with E-state index >= 15 is 0 Å². The Morgan fingerprint density at radius 2 is 1.93 bits per heavy atom. The van der Waals surface area contributed by atoms with Crippen LogP contribution in [0.3, 0.4) is 0 Å². The smallest absolute Gasteiger partial charge is 0.397 e. The van der Waals surface area contributed by atoms with Crippen molar-refractivity contribution >= 4 is 21.8 Å². The van der Waals surface area contributed by atoms with Gasteiger partial charge in [0.15, 0.2) is 0 Å². The second-order valence-corrected chi connectivity index (χ2v) is 4.88. The largest absolute Gasteiger partial charge is 0.750 e. The van der Waals surface area contributed by atoms with Crippen molar-refractivity contribution in [2.45, 2.75) is 37.9 Å². The van der Waals surface area contributed by atoms with Crippen LogP contribution in [0.15, 0.2) is 0 Å². The van der Waals surface area contributed by atoms with Crippen LogP contribution in [0.25, 0.3) is 0 Å². The van der Waals surface area contributed by atoms with Crippen LogP contribution in [0.1, 0.15) is 25.7 Å². The standard InChI is InChI=1S/C6H12O7S2/c7-14(8)12-5-2-1-3-6(4-5)13-15(9,10)11/h5-6H,1-4H2,(H,7,8)(H,9,10,11)/p-1. The molecule has 0 amide bonds. The minimum Gasteiger partial charge on any atom is -0.750 e. The average Bonchev–Trinajstić information content (AvgIpc) is 1.99. The highest BCUT2D eigenvalue weighted by Crippen LogP contribution is 2.24. The van der Waals surface area contributed by atoms with Crippen LogP contribution >= 0.6 is 0 Å². The van der Waals surface area contributed by atoms with E-state index in [2.05, 4.69) is 8.37 Å². The molecule has 1 aliphatic rings. The van der Waals surface area contributed by atoms with Crippen molar-refractivity contribution in [1.82, 2.24) is 0 Å². The minimum absolute atomic E-state index is 0.133. The van der Waals surface area contributed by atoms with E-state index in [0.29, 0.717) is 19.3 Å². The highest BCUT2D eigenvalue weighted by atomic mass is 32.3. The molecule has 0 saturated heterocycles. The Kier molecular flexibility index (Phi) is 4.62. The molecule has 1 aliphatic carbocycles. The molecule has 0 heterocycles. The van der Waals surface area contributed by atoms with E-state index in [1.54, 1.807) is 0 Å². The first kappa shape index (κ1) is 13.0. The van der Waals surface area contributed by atoms with Gasteiger partial charge in [-0.2, -0.15) is 8.42 Å². The van der Waals surface area contributed by atoms with Crippen LogP contribution in [0, 0.1) is 0 Å². The lowest BCUT2D eigenvalue weighted by Gasteiger charge is -2.27. The molecular weight excluding hydrogens is 248 g/mol. The summed E-state index contributed by atoms with van der Waals surface area (Å²) in [5.41, 5.74) is 0. The highest BCUT2D eigenvalue weighted by molar-refractivity contribution is 7.80. The summed E-state index contributed by atoms with van der Waals surface area (Å²) in [7, 11) is -4.49. The number of hydrogen-bond donors (Lipinski definition) is 1. The number of rotatable bonds is 4. The van der Waals surface area contributed by atoms with Gasteiger partial charge in [-0.3, -0.25) is 8.74 Å². The van der Waals surface area contributed by atoms with E-state index < -0.39 is 34.0 Å². The Labute approximate surface area is 90.2 Å². The second kappa shape index (κ2) is 5.32. The Morgan fingerprint density at radius 1 is 1.33 bits per heavy atom. The second-order valence-electron chi connectivity index (χ2n) is 3.23. The third-order valence-electron chi connectivity index (χ3n) is 2.05. The summed E-state index contributed by atoms with van der Waals surface area (Å²) in [6.45, 7) is 0. The summed E-state index contributed by atoms with van der Waals surface area (Å²) in [5, 5.41) is 0. The molecule has 1 rings (SSSR count).